The van der Waals surface area contributed by atoms with Gasteiger partial charge in [-0.25, -0.2) is 4.39 Å². The highest BCUT2D eigenvalue weighted by Gasteiger charge is 2.06. The first-order valence-corrected chi connectivity index (χ1v) is 7.90. The minimum Gasteiger partial charge on any atom is -0.368 e. The summed E-state index contributed by atoms with van der Waals surface area (Å²) in [5.74, 6) is 0.479. The van der Waals surface area contributed by atoms with Crippen LogP contribution in [0.3, 0.4) is 0 Å². The second-order valence-electron chi connectivity index (χ2n) is 5.39. The molecule has 0 aliphatic carbocycles. The number of hydrogen-bond donors (Lipinski definition) is 2. The molecule has 25 heavy (non-hydrogen) atoms. The van der Waals surface area contributed by atoms with Crippen molar-refractivity contribution >= 4 is 17.5 Å². The number of amides is 1. The third kappa shape index (κ3) is 4.60. The van der Waals surface area contributed by atoms with Crippen molar-refractivity contribution in [3.63, 3.8) is 0 Å². The highest BCUT2D eigenvalue weighted by Crippen LogP contribution is 2.10. The lowest BCUT2D eigenvalue weighted by Gasteiger charge is -2.07. The Kier molecular flexibility index (Phi) is 5.31. The summed E-state index contributed by atoms with van der Waals surface area (Å²) in [6.45, 7) is 0.533. The Hall–Kier alpha value is -3.28. The average Bonchev–Trinajstić information content (AvgIpc) is 2.65. The van der Waals surface area contributed by atoms with E-state index in [1.165, 1.54) is 6.07 Å². The van der Waals surface area contributed by atoms with E-state index < -0.39 is 0 Å². The van der Waals surface area contributed by atoms with Crippen LogP contribution >= 0.6 is 0 Å². The molecule has 2 N–H and O–H groups in total. The minimum atomic E-state index is -0.241. The first-order valence-electron chi connectivity index (χ1n) is 7.90. The van der Waals surface area contributed by atoms with E-state index in [0.717, 1.165) is 0 Å². The molecular weight excluding hydrogens is 319 g/mol. The number of hydrogen-bond acceptors (Lipinski definition) is 4. The third-order valence-corrected chi connectivity index (χ3v) is 3.60. The van der Waals surface area contributed by atoms with Gasteiger partial charge in [0.15, 0.2) is 5.82 Å². The van der Waals surface area contributed by atoms with Gasteiger partial charge in [-0.05, 0) is 42.3 Å². The lowest BCUT2D eigenvalue weighted by molar-refractivity contribution is 0.102. The maximum absolute atomic E-state index is 13.5. The van der Waals surface area contributed by atoms with E-state index in [2.05, 4.69) is 20.8 Å². The largest absolute Gasteiger partial charge is 0.368 e. The molecule has 1 aromatic heterocycles. The SMILES string of the molecule is O=C(Nc1ccc(NCCc2ccccc2F)nn1)c1ccccc1. The van der Waals surface area contributed by atoms with Gasteiger partial charge >= 0.3 is 0 Å². The van der Waals surface area contributed by atoms with Crippen LogP contribution in [0, 0.1) is 5.82 Å². The molecule has 2 aromatic carbocycles. The second kappa shape index (κ2) is 8.01. The number of nitrogens with zero attached hydrogens (tertiary/aromatic N) is 2. The van der Waals surface area contributed by atoms with E-state index in [4.69, 9.17) is 0 Å². The predicted molar refractivity (Wildman–Crippen MR) is 95.0 cm³/mol. The van der Waals surface area contributed by atoms with Crippen LogP contribution in [-0.4, -0.2) is 22.6 Å². The third-order valence-electron chi connectivity index (χ3n) is 3.60. The van der Waals surface area contributed by atoms with Gasteiger partial charge in [-0.3, -0.25) is 4.79 Å². The molecule has 0 aliphatic rings. The molecule has 0 saturated carbocycles. The van der Waals surface area contributed by atoms with Crippen molar-refractivity contribution in [1.82, 2.24) is 10.2 Å². The Labute approximate surface area is 144 Å². The molecule has 1 amide bonds. The van der Waals surface area contributed by atoms with Gasteiger partial charge in [-0.15, -0.1) is 10.2 Å². The Balaban J connectivity index is 1.52. The van der Waals surface area contributed by atoms with Gasteiger partial charge in [-0.2, -0.15) is 0 Å². The Bertz CT molecular complexity index is 838. The summed E-state index contributed by atoms with van der Waals surface area (Å²) in [5.41, 5.74) is 1.20. The van der Waals surface area contributed by atoms with Gasteiger partial charge in [0.25, 0.3) is 5.91 Å². The van der Waals surface area contributed by atoms with E-state index in [-0.39, 0.29) is 11.7 Å². The Morgan fingerprint density at radius 2 is 1.56 bits per heavy atom. The van der Waals surface area contributed by atoms with E-state index >= 15 is 0 Å². The topological polar surface area (TPSA) is 66.9 Å². The lowest BCUT2D eigenvalue weighted by Crippen LogP contribution is -2.14. The summed E-state index contributed by atoms with van der Waals surface area (Å²) in [6, 6.07) is 18.9. The monoisotopic (exact) mass is 336 g/mol. The normalized spacial score (nSPS) is 10.3. The molecule has 0 unspecified atom stereocenters. The van der Waals surface area contributed by atoms with Crippen LogP contribution in [0.2, 0.25) is 0 Å². The number of benzene rings is 2. The highest BCUT2D eigenvalue weighted by molar-refractivity contribution is 6.03. The molecule has 5 nitrogen and oxygen atoms in total. The van der Waals surface area contributed by atoms with Crippen LogP contribution in [0.4, 0.5) is 16.0 Å². The summed E-state index contributed by atoms with van der Waals surface area (Å²) < 4.78 is 13.5. The number of halogens is 1. The van der Waals surface area contributed by atoms with Gasteiger partial charge < -0.3 is 10.6 Å². The molecule has 0 atom stereocenters. The maximum Gasteiger partial charge on any atom is 0.256 e. The zero-order chi connectivity index (χ0) is 17.5. The lowest BCUT2D eigenvalue weighted by atomic mass is 10.1. The van der Waals surface area contributed by atoms with Crippen LogP contribution in [0.1, 0.15) is 15.9 Å². The molecule has 1 heterocycles. The van der Waals surface area contributed by atoms with E-state index in [1.807, 2.05) is 12.1 Å². The van der Waals surface area contributed by atoms with Crippen molar-refractivity contribution in [1.29, 1.82) is 0 Å². The van der Waals surface area contributed by atoms with E-state index in [0.29, 0.717) is 35.7 Å². The fourth-order valence-corrected chi connectivity index (χ4v) is 2.30. The zero-order valence-corrected chi connectivity index (χ0v) is 13.4. The summed E-state index contributed by atoms with van der Waals surface area (Å²) in [6.07, 6.45) is 0.543. The standard InChI is InChI=1S/C19H17FN4O/c20-16-9-5-4-6-14(16)12-13-21-17-10-11-18(24-23-17)22-19(25)15-7-2-1-3-8-15/h1-11H,12-13H2,(H,21,23)(H,22,24,25). The number of carbonyl (C=O) groups is 1. The van der Waals surface area contributed by atoms with Crippen molar-refractivity contribution in [3.8, 4) is 0 Å². The van der Waals surface area contributed by atoms with Gasteiger partial charge in [-0.1, -0.05) is 36.4 Å². The average molecular weight is 336 g/mol. The fourth-order valence-electron chi connectivity index (χ4n) is 2.30. The van der Waals surface area contributed by atoms with Crippen LogP contribution in [0.5, 0.6) is 0 Å². The minimum absolute atomic E-state index is 0.214. The van der Waals surface area contributed by atoms with Crippen LogP contribution in [0.15, 0.2) is 66.7 Å². The van der Waals surface area contributed by atoms with E-state index in [1.54, 1.807) is 48.5 Å². The molecule has 3 aromatic rings. The van der Waals surface area contributed by atoms with Crippen molar-refractivity contribution < 1.29 is 9.18 Å². The molecule has 3 rings (SSSR count). The summed E-state index contributed by atoms with van der Waals surface area (Å²) in [4.78, 5) is 12.0. The number of nitrogens with one attached hydrogen (secondary N) is 2. The van der Waals surface area contributed by atoms with Crippen molar-refractivity contribution in [2.75, 3.05) is 17.2 Å². The molecule has 126 valence electrons. The molecule has 0 radical (unpaired) electrons. The van der Waals surface area contributed by atoms with Gasteiger partial charge in [0.05, 0.1) is 0 Å². The molecule has 0 fully saturated rings. The fraction of sp³-hybridized carbons (Fsp3) is 0.105. The van der Waals surface area contributed by atoms with E-state index in [9.17, 15) is 9.18 Å². The molecular formula is C19H17FN4O. The Morgan fingerprint density at radius 3 is 2.28 bits per heavy atom. The molecule has 0 aliphatic heterocycles. The van der Waals surface area contributed by atoms with Crippen LogP contribution < -0.4 is 10.6 Å². The maximum atomic E-state index is 13.5. The smallest absolute Gasteiger partial charge is 0.256 e. The van der Waals surface area contributed by atoms with Crippen molar-refractivity contribution in [3.05, 3.63) is 83.7 Å². The van der Waals surface area contributed by atoms with Gasteiger partial charge in [0.2, 0.25) is 0 Å². The number of aromatic nitrogens is 2. The van der Waals surface area contributed by atoms with Crippen LogP contribution in [0.25, 0.3) is 0 Å². The second-order valence-corrected chi connectivity index (χ2v) is 5.39. The predicted octanol–water partition coefficient (Wildman–Crippen LogP) is 3.52. The number of carbonyl (C=O) groups excluding carboxylic acids is 1. The highest BCUT2D eigenvalue weighted by atomic mass is 19.1. The first-order chi connectivity index (χ1) is 12.2. The van der Waals surface area contributed by atoms with Crippen molar-refractivity contribution in [2.45, 2.75) is 6.42 Å². The van der Waals surface area contributed by atoms with Crippen LogP contribution in [-0.2, 0) is 6.42 Å². The summed E-state index contributed by atoms with van der Waals surface area (Å²) >= 11 is 0. The summed E-state index contributed by atoms with van der Waals surface area (Å²) in [5, 5.41) is 13.7. The number of anilines is 2. The Morgan fingerprint density at radius 1 is 0.880 bits per heavy atom. The molecule has 0 spiro atoms. The van der Waals surface area contributed by atoms with Gasteiger partial charge in [0.1, 0.15) is 11.6 Å². The molecule has 6 heteroatoms. The quantitative estimate of drug-likeness (QED) is 0.723. The summed E-state index contributed by atoms with van der Waals surface area (Å²) in [7, 11) is 0. The first kappa shape index (κ1) is 16.6. The van der Waals surface area contributed by atoms with Crippen molar-refractivity contribution in [2.24, 2.45) is 0 Å². The number of rotatable bonds is 6. The zero-order valence-electron chi connectivity index (χ0n) is 13.4. The van der Waals surface area contributed by atoms with Gasteiger partial charge in [0, 0.05) is 12.1 Å². The molecule has 0 bridgehead atoms. The molecule has 0 saturated heterocycles.